The first kappa shape index (κ1) is 14.0. The molecule has 0 saturated carbocycles. The molecule has 0 aliphatic carbocycles. The molecule has 2 heterocycles. The number of aromatic nitrogens is 2. The largest absolute Gasteiger partial charge is 0.465 e. The number of likely N-dealkylation sites (tertiary alicyclic amines) is 1. The lowest BCUT2D eigenvalue weighted by Crippen LogP contribution is -2.51. The summed E-state index contributed by atoms with van der Waals surface area (Å²) in [6, 6.07) is 2.78. The van der Waals surface area contributed by atoms with E-state index in [2.05, 4.69) is 20.9 Å². The van der Waals surface area contributed by atoms with Gasteiger partial charge in [0.05, 0.1) is 21.7 Å². The molecule has 6 nitrogen and oxygen atoms in total. The summed E-state index contributed by atoms with van der Waals surface area (Å²) in [6.07, 6.45) is 0.230. The molecule has 110 valence electrons. The second-order valence-electron chi connectivity index (χ2n) is 5.02. The van der Waals surface area contributed by atoms with Crippen molar-refractivity contribution in [3.8, 4) is 0 Å². The van der Waals surface area contributed by atoms with Gasteiger partial charge in [-0.25, -0.2) is 14.2 Å². The lowest BCUT2D eigenvalue weighted by atomic mass is 10.0. The van der Waals surface area contributed by atoms with Crippen molar-refractivity contribution in [2.75, 3.05) is 13.1 Å². The predicted octanol–water partition coefficient (Wildman–Crippen LogP) is 1.91. The number of benzene rings is 1. The van der Waals surface area contributed by atoms with E-state index in [-0.39, 0.29) is 15.9 Å². The number of hydrogen-bond acceptors (Lipinski definition) is 3. The van der Waals surface area contributed by atoms with Crippen LogP contribution in [0.4, 0.5) is 9.18 Å². The van der Waals surface area contributed by atoms with Crippen molar-refractivity contribution in [3.63, 3.8) is 0 Å². The number of rotatable bonds is 2. The summed E-state index contributed by atoms with van der Waals surface area (Å²) >= 11 is 3.08. The monoisotopic (exact) mass is 355 g/mol. The molecule has 3 rings (SSSR count). The number of carboxylic acid groups (broad SMARTS) is 1. The normalized spacial score (nSPS) is 15.2. The fourth-order valence-corrected chi connectivity index (χ4v) is 2.78. The second kappa shape index (κ2) is 5.10. The number of fused-ring (bicyclic) bond motifs is 1. The Hall–Kier alpha value is -1.96. The molecule has 21 heavy (non-hydrogen) atoms. The Balaban J connectivity index is 1.95. The highest BCUT2D eigenvalue weighted by atomic mass is 79.9. The maximum Gasteiger partial charge on any atom is 0.407 e. The van der Waals surface area contributed by atoms with Gasteiger partial charge in [0.1, 0.15) is 5.82 Å². The third-order valence-corrected chi connectivity index (χ3v) is 4.16. The van der Waals surface area contributed by atoms with Crippen molar-refractivity contribution < 1.29 is 14.3 Å². The van der Waals surface area contributed by atoms with Crippen LogP contribution in [-0.4, -0.2) is 38.7 Å². The van der Waals surface area contributed by atoms with Crippen LogP contribution < -0.4 is 5.56 Å². The van der Waals surface area contributed by atoms with E-state index in [1.807, 2.05) is 0 Å². The molecule has 1 aromatic carbocycles. The van der Waals surface area contributed by atoms with Crippen molar-refractivity contribution in [2.45, 2.75) is 6.54 Å². The highest BCUT2D eigenvalue weighted by Crippen LogP contribution is 2.23. The zero-order valence-corrected chi connectivity index (χ0v) is 12.4. The summed E-state index contributed by atoms with van der Waals surface area (Å²) in [6.45, 7) is 1.11. The summed E-state index contributed by atoms with van der Waals surface area (Å²) < 4.78 is 15.4. The molecular formula is C13H11BrFN3O3. The first-order valence-electron chi connectivity index (χ1n) is 6.28. The molecule has 1 N–H and O–H groups in total. The smallest absolute Gasteiger partial charge is 0.407 e. The zero-order chi connectivity index (χ0) is 15.1. The summed E-state index contributed by atoms with van der Waals surface area (Å²) in [5, 5.41) is 8.80. The topological polar surface area (TPSA) is 75.4 Å². The number of nitrogens with zero attached hydrogens (tertiary/aromatic N) is 3. The third-order valence-electron chi connectivity index (χ3n) is 3.56. The van der Waals surface area contributed by atoms with Crippen molar-refractivity contribution in [2.24, 2.45) is 5.92 Å². The average molecular weight is 356 g/mol. The van der Waals surface area contributed by atoms with E-state index in [1.54, 1.807) is 0 Å². The first-order valence-corrected chi connectivity index (χ1v) is 7.07. The van der Waals surface area contributed by atoms with Crippen LogP contribution in [0.25, 0.3) is 11.0 Å². The van der Waals surface area contributed by atoms with Crippen molar-refractivity contribution in [3.05, 3.63) is 39.0 Å². The van der Waals surface area contributed by atoms with E-state index in [9.17, 15) is 14.0 Å². The third kappa shape index (κ3) is 2.51. The number of hydrogen-bond donors (Lipinski definition) is 1. The molecule has 1 saturated heterocycles. The molecule has 1 fully saturated rings. The van der Waals surface area contributed by atoms with Gasteiger partial charge < -0.3 is 14.6 Å². The summed E-state index contributed by atoms with van der Waals surface area (Å²) in [7, 11) is 0. The summed E-state index contributed by atoms with van der Waals surface area (Å²) in [5.41, 5.74) is 0.604. The molecule has 0 radical (unpaired) electrons. The summed E-state index contributed by atoms with van der Waals surface area (Å²) in [5.74, 6) is -0.416. The lowest BCUT2D eigenvalue weighted by molar-refractivity contribution is 0.0749. The van der Waals surface area contributed by atoms with Gasteiger partial charge in [0, 0.05) is 31.6 Å². The molecule has 1 aromatic heterocycles. The maximum absolute atomic E-state index is 13.7. The molecule has 2 aromatic rings. The standard InChI is InChI=1S/C13H11BrFN3O3/c14-8-1-10-11(2-9(8)15)18(12(19)3-16-10)6-7-4-17(5-7)13(20)21/h1-3,7H,4-6H2,(H,20,21). The van der Waals surface area contributed by atoms with E-state index in [0.717, 1.165) is 0 Å². The van der Waals surface area contributed by atoms with E-state index >= 15 is 0 Å². The SMILES string of the molecule is O=C(O)N1CC(Cn2c(=O)cnc3cc(Br)c(F)cc32)C1. The Morgan fingerprint density at radius 3 is 2.86 bits per heavy atom. The van der Waals surface area contributed by atoms with Crippen LogP contribution in [0.2, 0.25) is 0 Å². The van der Waals surface area contributed by atoms with Crippen LogP contribution in [0.15, 0.2) is 27.6 Å². The maximum atomic E-state index is 13.7. The predicted molar refractivity (Wildman–Crippen MR) is 76.7 cm³/mol. The van der Waals surface area contributed by atoms with Crippen molar-refractivity contribution in [1.82, 2.24) is 14.5 Å². The van der Waals surface area contributed by atoms with Crippen LogP contribution in [0.1, 0.15) is 0 Å². The van der Waals surface area contributed by atoms with Gasteiger partial charge in [0.2, 0.25) is 0 Å². The van der Waals surface area contributed by atoms with Gasteiger partial charge in [-0.2, -0.15) is 0 Å². The fourth-order valence-electron chi connectivity index (χ4n) is 2.45. The van der Waals surface area contributed by atoms with E-state index in [1.165, 1.54) is 27.8 Å². The van der Waals surface area contributed by atoms with Crippen molar-refractivity contribution in [1.29, 1.82) is 0 Å². The van der Waals surface area contributed by atoms with Crippen LogP contribution in [0.5, 0.6) is 0 Å². The van der Waals surface area contributed by atoms with Crippen LogP contribution in [0, 0.1) is 11.7 Å². The molecule has 1 aliphatic rings. The average Bonchev–Trinajstić information content (AvgIpc) is 2.37. The number of amides is 1. The Kier molecular flexibility index (Phi) is 3.40. The Bertz CT molecular complexity index is 786. The first-order chi connectivity index (χ1) is 9.95. The van der Waals surface area contributed by atoms with E-state index in [0.29, 0.717) is 30.7 Å². The van der Waals surface area contributed by atoms with Gasteiger partial charge in [0.15, 0.2) is 0 Å². The molecule has 0 bridgehead atoms. The highest BCUT2D eigenvalue weighted by molar-refractivity contribution is 9.10. The Labute approximate surface area is 126 Å². The Morgan fingerprint density at radius 2 is 2.19 bits per heavy atom. The number of halogens is 2. The van der Waals surface area contributed by atoms with Crippen LogP contribution in [-0.2, 0) is 6.54 Å². The number of carbonyl (C=O) groups is 1. The molecule has 0 atom stereocenters. The van der Waals surface area contributed by atoms with Gasteiger partial charge in [-0.1, -0.05) is 0 Å². The van der Waals surface area contributed by atoms with E-state index in [4.69, 9.17) is 5.11 Å². The second-order valence-corrected chi connectivity index (χ2v) is 5.87. The zero-order valence-electron chi connectivity index (χ0n) is 10.8. The minimum Gasteiger partial charge on any atom is -0.465 e. The molecule has 1 amide bonds. The minimum atomic E-state index is -0.965. The molecule has 1 aliphatic heterocycles. The molecule has 0 spiro atoms. The Morgan fingerprint density at radius 1 is 1.48 bits per heavy atom. The summed E-state index contributed by atoms with van der Waals surface area (Å²) in [4.78, 5) is 28.0. The lowest BCUT2D eigenvalue weighted by Gasteiger charge is -2.37. The quantitative estimate of drug-likeness (QED) is 0.892. The van der Waals surface area contributed by atoms with Gasteiger partial charge in [-0.3, -0.25) is 4.79 Å². The molecule has 0 unspecified atom stereocenters. The van der Waals surface area contributed by atoms with Crippen LogP contribution in [0.3, 0.4) is 0 Å². The molecule has 8 heteroatoms. The van der Waals surface area contributed by atoms with Gasteiger partial charge >= 0.3 is 6.09 Å². The fraction of sp³-hybridized carbons (Fsp3) is 0.308. The van der Waals surface area contributed by atoms with Gasteiger partial charge in [-0.15, -0.1) is 0 Å². The van der Waals surface area contributed by atoms with E-state index < -0.39 is 11.9 Å². The molecular weight excluding hydrogens is 345 g/mol. The van der Waals surface area contributed by atoms with Crippen molar-refractivity contribution >= 4 is 33.1 Å². The highest BCUT2D eigenvalue weighted by Gasteiger charge is 2.31. The van der Waals surface area contributed by atoms with Gasteiger partial charge in [0.25, 0.3) is 5.56 Å². The van der Waals surface area contributed by atoms with Gasteiger partial charge in [-0.05, 0) is 22.0 Å². The van der Waals surface area contributed by atoms with Crippen LogP contribution >= 0.6 is 15.9 Å². The minimum absolute atomic E-state index is 0.0520.